The minimum atomic E-state index is 0.0903. The highest BCUT2D eigenvalue weighted by Crippen LogP contribution is 2.47. The Hall–Kier alpha value is -1.92. The molecule has 2 atom stereocenters. The van der Waals surface area contributed by atoms with Crippen LogP contribution >= 0.6 is 15.9 Å². The van der Waals surface area contributed by atoms with Crippen molar-refractivity contribution in [3.8, 4) is 17.2 Å². The summed E-state index contributed by atoms with van der Waals surface area (Å²) in [6.45, 7) is 1.29. The standard InChI is InChI=1S/C18H19BrN2O3/c1-21-7-6-11-8-14-16(24-10-23-14)17(22-2)15(11)18(21)20-13-5-3-4-12(19)9-13/h3-5,8-9,18,20H,6-7,10H2,1-2H3/p+1/t18-/m0/s1. The average Bonchev–Trinajstić information content (AvgIpc) is 3.04. The molecule has 24 heavy (non-hydrogen) atoms. The van der Waals surface area contributed by atoms with Crippen LogP contribution in [0.15, 0.2) is 34.8 Å². The Bertz CT molecular complexity index is 781. The van der Waals surface area contributed by atoms with Crippen molar-refractivity contribution >= 4 is 21.6 Å². The minimum Gasteiger partial charge on any atom is -0.492 e. The van der Waals surface area contributed by atoms with E-state index in [0.717, 1.165) is 40.2 Å². The van der Waals surface area contributed by atoms with Crippen molar-refractivity contribution in [1.29, 1.82) is 0 Å². The van der Waals surface area contributed by atoms with Crippen LogP contribution in [0.1, 0.15) is 17.3 Å². The molecule has 2 aliphatic heterocycles. The molecule has 0 saturated heterocycles. The predicted octanol–water partition coefficient (Wildman–Crippen LogP) is 2.37. The van der Waals surface area contributed by atoms with E-state index in [1.807, 2.05) is 12.1 Å². The first-order valence-electron chi connectivity index (χ1n) is 8.01. The van der Waals surface area contributed by atoms with E-state index >= 15 is 0 Å². The maximum absolute atomic E-state index is 5.73. The maximum Gasteiger partial charge on any atom is 0.231 e. The van der Waals surface area contributed by atoms with Gasteiger partial charge in [0.05, 0.1) is 26.3 Å². The van der Waals surface area contributed by atoms with Crippen molar-refractivity contribution < 1.29 is 19.1 Å². The Labute approximate surface area is 149 Å². The fourth-order valence-electron chi connectivity index (χ4n) is 3.47. The molecule has 2 aromatic rings. The van der Waals surface area contributed by atoms with E-state index < -0.39 is 0 Å². The minimum absolute atomic E-state index is 0.0903. The number of quaternary nitrogens is 1. The van der Waals surface area contributed by atoms with Gasteiger partial charge in [-0.05, 0) is 29.8 Å². The number of rotatable bonds is 3. The number of hydrogen-bond donors (Lipinski definition) is 2. The van der Waals surface area contributed by atoms with Crippen LogP contribution in [0.5, 0.6) is 17.2 Å². The van der Waals surface area contributed by atoms with E-state index in [2.05, 4.69) is 46.5 Å². The van der Waals surface area contributed by atoms with Gasteiger partial charge in [-0.15, -0.1) is 0 Å². The average molecular weight is 392 g/mol. The zero-order valence-electron chi connectivity index (χ0n) is 13.7. The van der Waals surface area contributed by atoms with Gasteiger partial charge in [-0.3, -0.25) is 0 Å². The van der Waals surface area contributed by atoms with Crippen LogP contribution in [0.2, 0.25) is 0 Å². The largest absolute Gasteiger partial charge is 0.492 e. The Morgan fingerprint density at radius 1 is 1.29 bits per heavy atom. The Morgan fingerprint density at radius 2 is 2.17 bits per heavy atom. The summed E-state index contributed by atoms with van der Waals surface area (Å²) in [5.74, 6) is 2.28. The highest BCUT2D eigenvalue weighted by Gasteiger charge is 2.36. The lowest BCUT2D eigenvalue weighted by molar-refractivity contribution is -0.910. The second-order valence-electron chi connectivity index (χ2n) is 6.15. The molecule has 126 valence electrons. The zero-order chi connectivity index (χ0) is 16.7. The summed E-state index contributed by atoms with van der Waals surface area (Å²) in [5, 5.41) is 3.65. The number of nitrogens with one attached hydrogen (secondary N) is 2. The summed E-state index contributed by atoms with van der Waals surface area (Å²) in [7, 11) is 3.89. The van der Waals surface area contributed by atoms with Crippen LogP contribution in [0.3, 0.4) is 0 Å². The summed E-state index contributed by atoms with van der Waals surface area (Å²) in [6.07, 6.45) is 1.08. The molecule has 0 amide bonds. The van der Waals surface area contributed by atoms with E-state index in [1.54, 1.807) is 7.11 Å². The van der Waals surface area contributed by atoms with Crippen LogP contribution in [0, 0.1) is 0 Å². The Balaban J connectivity index is 1.79. The third kappa shape index (κ3) is 2.59. The summed E-state index contributed by atoms with van der Waals surface area (Å²) in [4.78, 5) is 1.39. The molecule has 0 spiro atoms. The third-order valence-electron chi connectivity index (χ3n) is 4.65. The number of benzene rings is 2. The lowest BCUT2D eigenvalue weighted by atomic mass is 9.94. The SMILES string of the molecule is COc1c2c(cc3c1[C@@H](Nc1cccc(Br)c1)[NH+](C)CC3)OCO2. The monoisotopic (exact) mass is 391 g/mol. The van der Waals surface area contributed by atoms with E-state index in [0.29, 0.717) is 5.75 Å². The first kappa shape index (κ1) is 15.6. The summed E-state index contributed by atoms with van der Waals surface area (Å²) < 4.78 is 18.0. The quantitative estimate of drug-likeness (QED) is 0.842. The van der Waals surface area contributed by atoms with Crippen LogP contribution < -0.4 is 24.4 Å². The van der Waals surface area contributed by atoms with Crippen LogP contribution in [0.25, 0.3) is 0 Å². The van der Waals surface area contributed by atoms with Crippen molar-refractivity contribution in [1.82, 2.24) is 0 Å². The summed E-state index contributed by atoms with van der Waals surface area (Å²) in [5.41, 5.74) is 3.49. The van der Waals surface area contributed by atoms with Gasteiger partial charge in [0.1, 0.15) is 0 Å². The van der Waals surface area contributed by atoms with Crippen molar-refractivity contribution in [3.05, 3.63) is 45.9 Å². The smallest absolute Gasteiger partial charge is 0.231 e. The second kappa shape index (κ2) is 6.18. The molecular formula is C18H20BrN2O3+. The van der Waals surface area contributed by atoms with Gasteiger partial charge in [0, 0.05) is 16.6 Å². The van der Waals surface area contributed by atoms with Crippen LogP contribution in [-0.4, -0.2) is 27.5 Å². The maximum atomic E-state index is 5.73. The molecule has 5 nitrogen and oxygen atoms in total. The number of likely N-dealkylation sites (N-methyl/N-ethyl adjacent to an activating group) is 1. The molecular weight excluding hydrogens is 372 g/mol. The molecule has 0 saturated carbocycles. The van der Waals surface area contributed by atoms with Crippen molar-refractivity contribution in [2.45, 2.75) is 12.6 Å². The summed E-state index contributed by atoms with van der Waals surface area (Å²) in [6, 6.07) is 10.3. The van der Waals surface area contributed by atoms with E-state index in [-0.39, 0.29) is 13.0 Å². The highest BCUT2D eigenvalue weighted by atomic mass is 79.9. The van der Waals surface area contributed by atoms with Gasteiger partial charge >= 0.3 is 0 Å². The molecule has 2 heterocycles. The van der Waals surface area contributed by atoms with Gasteiger partial charge in [0.25, 0.3) is 0 Å². The Morgan fingerprint density at radius 3 is 2.96 bits per heavy atom. The van der Waals surface area contributed by atoms with Gasteiger partial charge < -0.3 is 24.4 Å². The number of halogens is 1. The van der Waals surface area contributed by atoms with Gasteiger partial charge in [0.2, 0.25) is 12.5 Å². The number of hydrogen-bond acceptors (Lipinski definition) is 4. The number of fused-ring (bicyclic) bond motifs is 2. The molecule has 4 rings (SSSR count). The first-order valence-corrected chi connectivity index (χ1v) is 8.80. The lowest BCUT2D eigenvalue weighted by Crippen LogP contribution is -3.11. The fraction of sp³-hybridized carbons (Fsp3) is 0.333. The van der Waals surface area contributed by atoms with E-state index in [1.165, 1.54) is 10.5 Å². The molecule has 2 aromatic carbocycles. The van der Waals surface area contributed by atoms with Gasteiger partial charge in [-0.1, -0.05) is 22.0 Å². The molecule has 0 aromatic heterocycles. The molecule has 6 heteroatoms. The molecule has 0 radical (unpaired) electrons. The predicted molar refractivity (Wildman–Crippen MR) is 95.1 cm³/mol. The van der Waals surface area contributed by atoms with Gasteiger partial charge in [0.15, 0.2) is 17.7 Å². The second-order valence-corrected chi connectivity index (χ2v) is 7.07. The molecule has 0 fully saturated rings. The van der Waals surface area contributed by atoms with E-state index in [9.17, 15) is 0 Å². The number of methoxy groups -OCH3 is 1. The Kier molecular flexibility index (Phi) is 4.02. The van der Waals surface area contributed by atoms with Gasteiger partial charge in [-0.2, -0.15) is 0 Å². The van der Waals surface area contributed by atoms with Crippen molar-refractivity contribution in [2.75, 3.05) is 32.8 Å². The number of ether oxygens (including phenoxy) is 3. The summed E-state index contributed by atoms with van der Waals surface area (Å²) >= 11 is 3.53. The topological polar surface area (TPSA) is 44.2 Å². The van der Waals surface area contributed by atoms with Crippen LogP contribution in [0.4, 0.5) is 5.69 Å². The normalized spacial score (nSPS) is 21.3. The van der Waals surface area contributed by atoms with Crippen molar-refractivity contribution in [3.63, 3.8) is 0 Å². The fourth-order valence-corrected chi connectivity index (χ4v) is 3.87. The first-order chi connectivity index (χ1) is 11.7. The van der Waals surface area contributed by atoms with Crippen LogP contribution in [-0.2, 0) is 6.42 Å². The molecule has 2 aliphatic rings. The van der Waals surface area contributed by atoms with E-state index in [4.69, 9.17) is 14.2 Å². The van der Waals surface area contributed by atoms with Gasteiger partial charge in [-0.25, -0.2) is 0 Å². The highest BCUT2D eigenvalue weighted by molar-refractivity contribution is 9.10. The third-order valence-corrected chi connectivity index (χ3v) is 5.15. The lowest BCUT2D eigenvalue weighted by Gasteiger charge is -2.33. The molecule has 0 aliphatic carbocycles. The molecule has 0 bridgehead atoms. The zero-order valence-corrected chi connectivity index (χ0v) is 15.3. The number of anilines is 1. The molecule has 1 unspecified atom stereocenters. The molecule has 2 N–H and O–H groups in total. The van der Waals surface area contributed by atoms with Crippen molar-refractivity contribution in [2.24, 2.45) is 0 Å².